The largest absolute Gasteiger partial charge is 0.390 e. The third kappa shape index (κ3) is 4.71. The number of aliphatic hydroxyl groups is 1. The van der Waals surface area contributed by atoms with Gasteiger partial charge in [0.25, 0.3) is 5.91 Å². The Morgan fingerprint density at radius 1 is 0.939 bits per heavy atom. The second kappa shape index (κ2) is 9.47. The zero-order valence-electron chi connectivity index (χ0n) is 18.2. The highest BCUT2D eigenvalue weighted by Gasteiger charge is 2.39. The van der Waals surface area contributed by atoms with Gasteiger partial charge in [0.05, 0.1) is 17.8 Å². The molecule has 0 spiro atoms. The Hall–Kier alpha value is -3.00. The van der Waals surface area contributed by atoms with Crippen LogP contribution in [0, 0.1) is 0 Å². The topological polar surface area (TPSA) is 72.8 Å². The maximum absolute atomic E-state index is 12.8. The van der Waals surface area contributed by atoms with Gasteiger partial charge in [-0.1, -0.05) is 41.9 Å². The zero-order chi connectivity index (χ0) is 22.8. The monoisotopic (exact) mass is 463 g/mol. The Morgan fingerprint density at radius 2 is 1.67 bits per heavy atom. The fraction of sp³-hybridized carbons (Fsp3) is 0.320. The summed E-state index contributed by atoms with van der Waals surface area (Å²) in [6.07, 6.45) is 1.24. The molecule has 2 saturated heterocycles. The first-order chi connectivity index (χ1) is 16.1. The molecule has 0 bridgehead atoms. The van der Waals surface area contributed by atoms with Gasteiger partial charge in [0.2, 0.25) is 5.95 Å². The lowest BCUT2D eigenvalue weighted by Gasteiger charge is -2.38. The van der Waals surface area contributed by atoms with E-state index in [1.54, 1.807) is 35.4 Å². The van der Waals surface area contributed by atoms with Crippen molar-refractivity contribution in [1.29, 1.82) is 0 Å². The van der Waals surface area contributed by atoms with Crippen LogP contribution in [0.15, 0.2) is 66.9 Å². The minimum atomic E-state index is -0.564. The summed E-state index contributed by atoms with van der Waals surface area (Å²) in [7, 11) is 0. The van der Waals surface area contributed by atoms with E-state index in [2.05, 4.69) is 14.8 Å². The van der Waals surface area contributed by atoms with Crippen LogP contribution in [0.3, 0.4) is 0 Å². The van der Waals surface area contributed by atoms with Crippen LogP contribution >= 0.6 is 11.6 Å². The summed E-state index contributed by atoms with van der Waals surface area (Å²) >= 11 is 5.94. The molecule has 2 atom stereocenters. The molecule has 2 aromatic carbocycles. The number of benzene rings is 2. The number of likely N-dealkylation sites (tertiary alicyclic amines) is 1. The van der Waals surface area contributed by atoms with Crippen molar-refractivity contribution >= 4 is 23.5 Å². The van der Waals surface area contributed by atoms with Crippen LogP contribution in [0.25, 0.3) is 11.3 Å². The average Bonchev–Trinajstić information content (AvgIpc) is 3.26. The molecule has 1 amide bonds. The quantitative estimate of drug-likeness (QED) is 0.641. The first-order valence-corrected chi connectivity index (χ1v) is 11.6. The fourth-order valence-corrected chi connectivity index (χ4v) is 4.72. The van der Waals surface area contributed by atoms with Crippen molar-refractivity contribution in [1.82, 2.24) is 19.8 Å². The summed E-state index contributed by atoms with van der Waals surface area (Å²) < 4.78 is 0. The second-order valence-electron chi connectivity index (χ2n) is 8.48. The highest BCUT2D eigenvalue weighted by atomic mass is 35.5. The molecule has 1 aromatic heterocycles. The zero-order valence-corrected chi connectivity index (χ0v) is 19.0. The van der Waals surface area contributed by atoms with E-state index < -0.39 is 6.10 Å². The van der Waals surface area contributed by atoms with Crippen LogP contribution < -0.4 is 4.90 Å². The molecule has 2 fully saturated rings. The Balaban J connectivity index is 1.21. The van der Waals surface area contributed by atoms with Crippen molar-refractivity contribution < 1.29 is 9.90 Å². The number of rotatable bonds is 4. The van der Waals surface area contributed by atoms with Gasteiger partial charge in [-0.25, -0.2) is 9.97 Å². The molecule has 2 aliphatic rings. The van der Waals surface area contributed by atoms with E-state index in [1.165, 1.54) is 0 Å². The minimum absolute atomic E-state index is 0.0695. The number of hydrogen-bond acceptors (Lipinski definition) is 6. The molecular formula is C25H26ClN5O2. The van der Waals surface area contributed by atoms with Crippen LogP contribution in [-0.4, -0.2) is 82.2 Å². The van der Waals surface area contributed by atoms with E-state index in [4.69, 9.17) is 16.6 Å². The second-order valence-corrected chi connectivity index (χ2v) is 8.92. The number of amides is 1. The molecule has 3 heterocycles. The van der Waals surface area contributed by atoms with Crippen molar-refractivity contribution in [3.8, 4) is 11.3 Å². The van der Waals surface area contributed by atoms with Crippen molar-refractivity contribution in [2.45, 2.75) is 12.1 Å². The maximum atomic E-state index is 12.8. The van der Waals surface area contributed by atoms with Gasteiger partial charge in [-0.15, -0.1) is 0 Å². The van der Waals surface area contributed by atoms with Crippen LogP contribution in [0.2, 0.25) is 5.02 Å². The Kier molecular flexibility index (Phi) is 6.26. The first-order valence-electron chi connectivity index (χ1n) is 11.2. The summed E-state index contributed by atoms with van der Waals surface area (Å²) in [6.45, 7) is 3.96. The van der Waals surface area contributed by atoms with E-state index in [1.807, 2.05) is 36.4 Å². The Labute approximate surface area is 198 Å². The predicted molar refractivity (Wildman–Crippen MR) is 128 cm³/mol. The third-order valence-corrected chi connectivity index (χ3v) is 6.67. The fourth-order valence-electron chi connectivity index (χ4n) is 4.59. The number of hydrogen-bond donors (Lipinski definition) is 1. The number of nitrogens with zero attached hydrogens (tertiary/aromatic N) is 5. The van der Waals surface area contributed by atoms with E-state index in [0.717, 1.165) is 43.4 Å². The van der Waals surface area contributed by atoms with Crippen molar-refractivity contribution in [3.63, 3.8) is 0 Å². The summed E-state index contributed by atoms with van der Waals surface area (Å²) in [5.74, 6) is 0.653. The number of carbonyl (C=O) groups is 1. The van der Waals surface area contributed by atoms with Crippen molar-refractivity contribution in [2.24, 2.45) is 0 Å². The van der Waals surface area contributed by atoms with Gasteiger partial charge in [-0.2, -0.15) is 0 Å². The van der Waals surface area contributed by atoms with Crippen LogP contribution in [0.4, 0.5) is 5.95 Å². The molecule has 2 unspecified atom stereocenters. The third-order valence-electron chi connectivity index (χ3n) is 6.42. The van der Waals surface area contributed by atoms with E-state index in [-0.39, 0.29) is 11.9 Å². The lowest BCUT2D eigenvalue weighted by Crippen LogP contribution is -2.54. The SMILES string of the molecule is O=C(c1ccc(Cl)cc1)N1CC(O)C(N2CCN(c3nccc(-c4ccccc4)n3)CC2)C1. The normalized spacial score (nSPS) is 21.4. The predicted octanol–water partition coefficient (Wildman–Crippen LogP) is 2.80. The number of piperazine rings is 1. The number of aliphatic hydroxyl groups excluding tert-OH is 1. The van der Waals surface area contributed by atoms with E-state index in [9.17, 15) is 9.90 Å². The Bertz CT molecular complexity index is 1100. The van der Waals surface area contributed by atoms with Crippen LogP contribution in [-0.2, 0) is 0 Å². The number of β-amino-alcohol motifs (C(OH)–C–C–N with tert-alkyl or cyclic N) is 1. The van der Waals surface area contributed by atoms with Gasteiger partial charge >= 0.3 is 0 Å². The molecule has 2 aliphatic heterocycles. The van der Waals surface area contributed by atoms with Crippen LogP contribution in [0.1, 0.15) is 10.4 Å². The number of anilines is 1. The van der Waals surface area contributed by atoms with Crippen molar-refractivity contribution in [3.05, 3.63) is 77.4 Å². The first kappa shape index (κ1) is 21.8. The van der Waals surface area contributed by atoms with Gasteiger partial charge in [0.1, 0.15) is 0 Å². The molecule has 1 N–H and O–H groups in total. The van der Waals surface area contributed by atoms with Gasteiger partial charge in [-0.05, 0) is 30.3 Å². The number of aromatic nitrogens is 2. The van der Waals surface area contributed by atoms with Gasteiger partial charge in [-0.3, -0.25) is 9.69 Å². The molecule has 170 valence electrons. The smallest absolute Gasteiger partial charge is 0.253 e. The maximum Gasteiger partial charge on any atom is 0.253 e. The molecule has 7 nitrogen and oxygen atoms in total. The van der Waals surface area contributed by atoms with E-state index in [0.29, 0.717) is 23.7 Å². The lowest BCUT2D eigenvalue weighted by atomic mass is 10.1. The van der Waals surface area contributed by atoms with Gasteiger partial charge in [0.15, 0.2) is 0 Å². The number of carbonyl (C=O) groups excluding carboxylic acids is 1. The van der Waals surface area contributed by atoms with Crippen molar-refractivity contribution in [2.75, 3.05) is 44.2 Å². The summed E-state index contributed by atoms with van der Waals surface area (Å²) in [6, 6.07) is 18.8. The van der Waals surface area contributed by atoms with Gasteiger partial charge in [0, 0.05) is 61.6 Å². The average molecular weight is 464 g/mol. The van der Waals surface area contributed by atoms with Crippen LogP contribution in [0.5, 0.6) is 0 Å². The summed E-state index contributed by atoms with van der Waals surface area (Å²) in [5, 5.41) is 11.3. The highest BCUT2D eigenvalue weighted by Crippen LogP contribution is 2.23. The molecular weight excluding hydrogens is 438 g/mol. The molecule has 0 saturated carbocycles. The minimum Gasteiger partial charge on any atom is -0.390 e. The molecule has 8 heteroatoms. The lowest BCUT2D eigenvalue weighted by molar-refractivity contribution is 0.0754. The molecule has 3 aromatic rings. The molecule has 0 aliphatic carbocycles. The van der Waals surface area contributed by atoms with Gasteiger partial charge < -0.3 is 14.9 Å². The van der Waals surface area contributed by atoms with E-state index >= 15 is 0 Å². The molecule has 33 heavy (non-hydrogen) atoms. The highest BCUT2D eigenvalue weighted by molar-refractivity contribution is 6.30. The molecule has 0 radical (unpaired) electrons. The Morgan fingerprint density at radius 3 is 2.39 bits per heavy atom. The summed E-state index contributed by atoms with van der Waals surface area (Å²) in [4.78, 5) is 28.3. The molecule has 5 rings (SSSR count). The standard InChI is InChI=1S/C25H26ClN5O2/c26-20-8-6-19(7-9-20)24(33)31-16-22(23(32)17-31)29-12-14-30(15-13-29)25-27-11-10-21(28-25)18-4-2-1-3-5-18/h1-11,22-23,32H,12-17H2. The summed E-state index contributed by atoms with van der Waals surface area (Å²) in [5.41, 5.74) is 2.57. The number of halogens is 1.